The fraction of sp³-hybridized carbons (Fsp3) is 0.818. The number of nitrogens with zero attached hydrogens (tertiary/aromatic N) is 3. The summed E-state index contributed by atoms with van der Waals surface area (Å²) in [4.78, 5) is 46.9. The monoisotopic (exact) mass is 618 g/mol. The van der Waals surface area contributed by atoms with Crippen molar-refractivity contribution in [3.8, 4) is 0 Å². The van der Waals surface area contributed by atoms with E-state index in [-0.39, 0.29) is 37.0 Å². The van der Waals surface area contributed by atoms with E-state index >= 15 is 0 Å². The number of esters is 2. The van der Waals surface area contributed by atoms with Gasteiger partial charge in [-0.05, 0) is 18.8 Å². The van der Waals surface area contributed by atoms with Crippen molar-refractivity contribution < 1.29 is 23.9 Å². The maximum absolute atomic E-state index is 12.5. The molecule has 2 rings (SSSR count). The lowest BCUT2D eigenvalue weighted by molar-refractivity contribution is -0.149. The van der Waals surface area contributed by atoms with Crippen LogP contribution in [0.25, 0.3) is 0 Å². The number of hydrogen-bond donors (Lipinski definition) is 3. The Hall–Kier alpha value is -2.82. The lowest BCUT2D eigenvalue weighted by Gasteiger charge is -2.26. The summed E-state index contributed by atoms with van der Waals surface area (Å²) in [6, 6.07) is -1.49. The number of carbonyl (C=O) groups is 3. The number of fused-ring (bicyclic) bond motifs is 1. The van der Waals surface area contributed by atoms with Gasteiger partial charge in [-0.15, -0.1) is 0 Å². The van der Waals surface area contributed by atoms with E-state index in [0.29, 0.717) is 25.2 Å². The van der Waals surface area contributed by atoms with Gasteiger partial charge in [0.1, 0.15) is 11.9 Å². The van der Waals surface area contributed by atoms with Crippen molar-refractivity contribution in [2.45, 2.75) is 142 Å². The van der Waals surface area contributed by atoms with Gasteiger partial charge in [0.05, 0.1) is 19.6 Å². The number of nitrogens with two attached hydrogens (primary N) is 1. The van der Waals surface area contributed by atoms with Crippen LogP contribution in [0, 0.1) is 17.2 Å². The van der Waals surface area contributed by atoms with Gasteiger partial charge >= 0.3 is 11.9 Å². The van der Waals surface area contributed by atoms with Crippen LogP contribution in [0.3, 0.4) is 0 Å². The van der Waals surface area contributed by atoms with Crippen LogP contribution in [0.15, 0.2) is 9.98 Å². The molecule has 1 amide bonds. The zero-order valence-corrected chi connectivity index (χ0v) is 27.5. The fourth-order valence-corrected chi connectivity index (χ4v) is 5.33. The van der Waals surface area contributed by atoms with Gasteiger partial charge in [-0.25, -0.2) is 0 Å². The number of nitrogens with one attached hydrogen (secondary N) is 2. The molecule has 0 aliphatic carbocycles. The van der Waals surface area contributed by atoms with Crippen molar-refractivity contribution in [2.75, 3.05) is 19.8 Å². The van der Waals surface area contributed by atoms with Crippen LogP contribution in [0.2, 0.25) is 0 Å². The highest BCUT2D eigenvalue weighted by Gasteiger charge is 2.37. The van der Waals surface area contributed by atoms with Gasteiger partial charge in [0.25, 0.3) is 5.91 Å². The van der Waals surface area contributed by atoms with E-state index in [2.05, 4.69) is 22.2 Å². The molecule has 0 radical (unpaired) electrons. The Bertz CT molecular complexity index is 953. The van der Waals surface area contributed by atoms with E-state index in [1.807, 2.05) is 13.8 Å². The highest BCUT2D eigenvalue weighted by Crippen LogP contribution is 2.18. The van der Waals surface area contributed by atoms with E-state index in [4.69, 9.17) is 20.6 Å². The third-order valence-electron chi connectivity index (χ3n) is 8.29. The molecule has 4 N–H and O–H groups in total. The van der Waals surface area contributed by atoms with Crippen molar-refractivity contribution in [3.05, 3.63) is 0 Å². The Balaban J connectivity index is 1.65. The zero-order valence-electron chi connectivity index (χ0n) is 27.5. The van der Waals surface area contributed by atoms with E-state index in [9.17, 15) is 14.4 Å². The highest BCUT2D eigenvalue weighted by molar-refractivity contribution is 6.23. The topological polar surface area (TPSA) is 160 Å². The predicted octanol–water partition coefficient (Wildman–Crippen LogP) is 5.50. The molecule has 3 atom stereocenters. The Morgan fingerprint density at radius 2 is 1.52 bits per heavy atom. The summed E-state index contributed by atoms with van der Waals surface area (Å²) >= 11 is 0. The lowest BCUT2D eigenvalue weighted by atomic mass is 10.0. The average molecular weight is 619 g/mol. The largest absolute Gasteiger partial charge is 0.465 e. The molecule has 44 heavy (non-hydrogen) atoms. The molecule has 2 aliphatic heterocycles. The van der Waals surface area contributed by atoms with Crippen LogP contribution < -0.4 is 11.1 Å². The molecule has 2 heterocycles. The van der Waals surface area contributed by atoms with Gasteiger partial charge in [-0.1, -0.05) is 111 Å². The molecule has 0 saturated carbocycles. The minimum atomic E-state index is -0.792. The summed E-state index contributed by atoms with van der Waals surface area (Å²) in [5.41, 5.74) is 5.89. The highest BCUT2D eigenvalue weighted by atomic mass is 16.5. The SMILES string of the molecule is CCCCCCCCCCCCCCCCCC(=O)OC[C@H](CCOC(=O)[C@@H](N)C(C)C)CN1C=NC2C(=O)NC(=N)N=C21. The average Bonchev–Trinajstić information content (AvgIpc) is 3.39. The first-order valence-corrected chi connectivity index (χ1v) is 17.1. The second-order valence-corrected chi connectivity index (χ2v) is 12.6. The molecule has 250 valence electrons. The number of unbranched alkanes of at least 4 members (excludes halogenated alkanes) is 14. The second-order valence-electron chi connectivity index (χ2n) is 12.6. The number of amidine groups is 1. The normalized spacial score (nSPS) is 17.3. The maximum atomic E-state index is 12.5. The van der Waals surface area contributed by atoms with Crippen LogP contribution in [0.4, 0.5) is 0 Å². The van der Waals surface area contributed by atoms with E-state index in [1.54, 1.807) is 4.90 Å². The van der Waals surface area contributed by atoms with Crippen LogP contribution in [0.5, 0.6) is 0 Å². The quantitative estimate of drug-likeness (QED) is 0.0900. The summed E-state index contributed by atoms with van der Waals surface area (Å²) in [7, 11) is 0. The van der Waals surface area contributed by atoms with Gasteiger partial charge in [0, 0.05) is 18.9 Å². The van der Waals surface area contributed by atoms with E-state index in [1.165, 1.54) is 83.4 Å². The first kappa shape index (κ1) is 37.4. The summed E-state index contributed by atoms with van der Waals surface area (Å²) in [6.45, 7) is 6.58. The number of guanidine groups is 1. The molecular formula is C33H58N6O5. The molecule has 0 aromatic heterocycles. The molecule has 0 aromatic carbocycles. The third kappa shape index (κ3) is 14.8. The molecule has 0 aromatic rings. The minimum absolute atomic E-state index is 0.0394. The van der Waals surface area contributed by atoms with Crippen LogP contribution in [0.1, 0.15) is 130 Å². The molecule has 0 spiro atoms. The van der Waals surface area contributed by atoms with Crippen molar-refractivity contribution >= 4 is 36.0 Å². The van der Waals surface area contributed by atoms with Crippen molar-refractivity contribution in [2.24, 2.45) is 27.6 Å². The molecule has 11 heteroatoms. The number of ether oxygens (including phenoxy) is 2. The lowest BCUT2D eigenvalue weighted by Crippen LogP contribution is -2.49. The Labute approximate surface area is 264 Å². The Kier molecular flexibility index (Phi) is 18.5. The number of aliphatic imine (C=N–C) groups is 2. The molecule has 0 fully saturated rings. The van der Waals surface area contributed by atoms with Gasteiger partial charge in [0.2, 0.25) is 5.96 Å². The number of rotatable bonds is 25. The van der Waals surface area contributed by atoms with E-state index in [0.717, 1.165) is 19.3 Å². The van der Waals surface area contributed by atoms with Crippen LogP contribution in [-0.2, 0) is 23.9 Å². The summed E-state index contributed by atoms with van der Waals surface area (Å²) in [6.07, 6.45) is 21.4. The molecule has 0 saturated heterocycles. The Morgan fingerprint density at radius 1 is 0.955 bits per heavy atom. The van der Waals surface area contributed by atoms with Gasteiger partial charge < -0.3 is 20.1 Å². The van der Waals surface area contributed by atoms with Crippen molar-refractivity contribution in [1.82, 2.24) is 10.2 Å². The summed E-state index contributed by atoms with van der Waals surface area (Å²) < 4.78 is 11.0. The maximum Gasteiger partial charge on any atom is 0.323 e. The number of carbonyl (C=O) groups excluding carboxylic acids is 3. The number of hydrogen-bond acceptors (Lipinski definition) is 9. The van der Waals surface area contributed by atoms with Gasteiger partial charge in [0.15, 0.2) is 6.04 Å². The molecular weight excluding hydrogens is 560 g/mol. The Morgan fingerprint density at radius 3 is 2.09 bits per heavy atom. The first-order valence-electron chi connectivity index (χ1n) is 17.1. The number of amides is 1. The van der Waals surface area contributed by atoms with Crippen molar-refractivity contribution in [3.63, 3.8) is 0 Å². The standard InChI is InChI=1S/C33H58N6O5/c1-4-5-6-7-8-9-10-11-12-13-14-15-16-17-18-19-27(40)44-23-26(20-21-43-32(42)28(34)25(2)3)22-39-24-36-29-30(39)37-33(35)38-31(29)41/h24-26,28-29H,4-23,34H2,1-3H3,(H2,35,38,41)/t26-,28+,29?/m1/s1. The second kappa shape index (κ2) is 21.8. The zero-order chi connectivity index (χ0) is 32.2. The third-order valence-corrected chi connectivity index (χ3v) is 8.29. The van der Waals surface area contributed by atoms with Crippen LogP contribution in [-0.4, -0.2) is 72.7 Å². The minimum Gasteiger partial charge on any atom is -0.465 e. The van der Waals surface area contributed by atoms with Crippen LogP contribution >= 0.6 is 0 Å². The molecule has 1 unspecified atom stereocenters. The fourth-order valence-electron chi connectivity index (χ4n) is 5.33. The van der Waals surface area contributed by atoms with E-state index < -0.39 is 24.0 Å². The van der Waals surface area contributed by atoms with Gasteiger partial charge in [-0.2, -0.15) is 4.99 Å². The van der Waals surface area contributed by atoms with Gasteiger partial charge in [-0.3, -0.25) is 30.1 Å². The summed E-state index contributed by atoms with van der Waals surface area (Å²) in [5.74, 6) is -1.23. The molecule has 2 aliphatic rings. The van der Waals surface area contributed by atoms with Crippen molar-refractivity contribution in [1.29, 1.82) is 5.41 Å². The predicted molar refractivity (Wildman–Crippen MR) is 175 cm³/mol. The molecule has 11 nitrogen and oxygen atoms in total. The molecule has 0 bridgehead atoms. The first-order chi connectivity index (χ1) is 21.2. The summed E-state index contributed by atoms with van der Waals surface area (Å²) in [5, 5.41) is 10.1. The smallest absolute Gasteiger partial charge is 0.323 e.